The smallest absolute Gasteiger partial charge is 0.262 e. The second-order valence-electron chi connectivity index (χ2n) is 3.79. The number of hydrogen-bond donors (Lipinski definition) is 4. The third-order valence-electron chi connectivity index (χ3n) is 2.53. The molecule has 2 rings (SSSR count). The second-order valence-corrected chi connectivity index (χ2v) is 3.79. The molecule has 1 heterocycles. The Morgan fingerprint density at radius 2 is 2.35 bits per heavy atom. The maximum atomic E-state index is 11.2. The van der Waals surface area contributed by atoms with Gasteiger partial charge in [0, 0.05) is 12.1 Å². The van der Waals surface area contributed by atoms with Crippen LogP contribution in [-0.2, 0) is 4.79 Å². The standard InChI is InChI=1S/C11H14N2O4/c1-12-4-8(15)6-2-3-7(14)10-11(6)17-5-9(16)13-10/h2-3,8,12,14-15H,4-5H2,1H3,(H,13,16)/t8-/m0/s1. The summed E-state index contributed by atoms with van der Waals surface area (Å²) in [5.41, 5.74) is 0.751. The topological polar surface area (TPSA) is 90.8 Å². The van der Waals surface area contributed by atoms with E-state index in [9.17, 15) is 15.0 Å². The molecule has 0 bridgehead atoms. The van der Waals surface area contributed by atoms with Crippen LogP contribution in [0.15, 0.2) is 12.1 Å². The molecule has 0 aliphatic carbocycles. The van der Waals surface area contributed by atoms with Crippen LogP contribution in [0.4, 0.5) is 5.69 Å². The molecule has 0 spiro atoms. The third kappa shape index (κ3) is 2.17. The number of benzene rings is 1. The Morgan fingerprint density at radius 1 is 1.59 bits per heavy atom. The number of anilines is 1. The molecule has 6 nitrogen and oxygen atoms in total. The quantitative estimate of drug-likeness (QED) is 0.555. The number of phenols is 1. The molecule has 1 aromatic rings. The van der Waals surface area contributed by atoms with Gasteiger partial charge in [-0.1, -0.05) is 0 Å². The van der Waals surface area contributed by atoms with E-state index in [0.717, 1.165) is 0 Å². The van der Waals surface area contributed by atoms with Crippen molar-refractivity contribution in [3.8, 4) is 11.5 Å². The molecule has 0 unspecified atom stereocenters. The Balaban J connectivity index is 2.42. The molecule has 17 heavy (non-hydrogen) atoms. The van der Waals surface area contributed by atoms with Gasteiger partial charge in [-0.2, -0.15) is 0 Å². The summed E-state index contributed by atoms with van der Waals surface area (Å²) >= 11 is 0. The Kier molecular flexibility index (Phi) is 3.16. The number of phenolic OH excluding ortho intramolecular Hbond substituents is 1. The van der Waals surface area contributed by atoms with Gasteiger partial charge in [-0.05, 0) is 19.2 Å². The van der Waals surface area contributed by atoms with Gasteiger partial charge in [0.25, 0.3) is 5.91 Å². The highest BCUT2D eigenvalue weighted by atomic mass is 16.5. The van der Waals surface area contributed by atoms with Crippen molar-refractivity contribution in [3.63, 3.8) is 0 Å². The zero-order valence-electron chi connectivity index (χ0n) is 9.36. The lowest BCUT2D eigenvalue weighted by atomic mass is 10.1. The van der Waals surface area contributed by atoms with Gasteiger partial charge in [0.1, 0.15) is 11.4 Å². The fraction of sp³-hybridized carbons (Fsp3) is 0.364. The summed E-state index contributed by atoms with van der Waals surface area (Å²) in [6.45, 7) is 0.240. The Bertz CT molecular complexity index is 447. The van der Waals surface area contributed by atoms with Crippen molar-refractivity contribution < 1.29 is 19.7 Å². The van der Waals surface area contributed by atoms with Gasteiger partial charge in [0.05, 0.1) is 6.10 Å². The van der Waals surface area contributed by atoms with Crippen LogP contribution in [0.5, 0.6) is 11.5 Å². The van der Waals surface area contributed by atoms with Crippen LogP contribution in [0.25, 0.3) is 0 Å². The van der Waals surface area contributed by atoms with Crippen molar-refractivity contribution in [1.82, 2.24) is 5.32 Å². The monoisotopic (exact) mass is 238 g/mol. The summed E-state index contributed by atoms with van der Waals surface area (Å²) in [7, 11) is 1.72. The molecule has 1 aliphatic rings. The summed E-state index contributed by atoms with van der Waals surface area (Å²) in [4.78, 5) is 11.2. The summed E-state index contributed by atoms with van der Waals surface area (Å²) in [5, 5.41) is 24.9. The maximum Gasteiger partial charge on any atom is 0.262 e. The number of ether oxygens (including phenoxy) is 1. The molecule has 0 aromatic heterocycles. The molecule has 1 atom stereocenters. The first-order valence-electron chi connectivity index (χ1n) is 5.24. The zero-order valence-corrected chi connectivity index (χ0v) is 9.36. The normalized spacial score (nSPS) is 15.8. The second kappa shape index (κ2) is 4.60. The van der Waals surface area contributed by atoms with E-state index in [2.05, 4.69) is 10.6 Å². The average Bonchev–Trinajstić information content (AvgIpc) is 2.30. The van der Waals surface area contributed by atoms with Gasteiger partial charge in [-0.3, -0.25) is 4.79 Å². The van der Waals surface area contributed by atoms with Gasteiger partial charge in [0.15, 0.2) is 12.4 Å². The number of carbonyl (C=O) groups excluding carboxylic acids is 1. The number of likely N-dealkylation sites (N-methyl/N-ethyl adjacent to an activating group) is 1. The van der Waals surface area contributed by atoms with Crippen molar-refractivity contribution in [2.45, 2.75) is 6.10 Å². The number of hydrogen-bond acceptors (Lipinski definition) is 5. The Hall–Kier alpha value is -1.79. The van der Waals surface area contributed by atoms with Gasteiger partial charge in [0.2, 0.25) is 0 Å². The molecular formula is C11H14N2O4. The highest BCUT2D eigenvalue weighted by molar-refractivity contribution is 5.97. The fourth-order valence-corrected chi connectivity index (χ4v) is 1.74. The lowest BCUT2D eigenvalue weighted by Gasteiger charge is -2.23. The van der Waals surface area contributed by atoms with E-state index in [1.54, 1.807) is 13.1 Å². The number of aromatic hydroxyl groups is 1. The first-order valence-corrected chi connectivity index (χ1v) is 5.24. The number of nitrogens with one attached hydrogen (secondary N) is 2. The van der Waals surface area contributed by atoms with Crippen LogP contribution in [0, 0.1) is 0 Å². The van der Waals surface area contributed by atoms with Gasteiger partial charge in [-0.25, -0.2) is 0 Å². The zero-order chi connectivity index (χ0) is 12.4. The minimum absolute atomic E-state index is 0.0755. The highest BCUT2D eigenvalue weighted by Gasteiger charge is 2.25. The van der Waals surface area contributed by atoms with Crippen molar-refractivity contribution in [1.29, 1.82) is 0 Å². The van der Waals surface area contributed by atoms with E-state index in [1.165, 1.54) is 6.07 Å². The number of aliphatic hydroxyl groups is 1. The van der Waals surface area contributed by atoms with E-state index in [4.69, 9.17) is 4.74 Å². The largest absolute Gasteiger partial charge is 0.506 e. The number of aliphatic hydroxyl groups excluding tert-OH is 1. The van der Waals surface area contributed by atoms with Gasteiger partial charge >= 0.3 is 0 Å². The molecule has 1 aromatic carbocycles. The molecule has 6 heteroatoms. The number of carbonyl (C=O) groups is 1. The molecule has 0 fully saturated rings. The molecule has 1 aliphatic heterocycles. The van der Waals surface area contributed by atoms with Gasteiger partial charge < -0.3 is 25.6 Å². The minimum Gasteiger partial charge on any atom is -0.506 e. The summed E-state index contributed by atoms with van der Waals surface area (Å²) in [5.74, 6) is -0.0751. The van der Waals surface area contributed by atoms with Crippen molar-refractivity contribution in [3.05, 3.63) is 17.7 Å². The van der Waals surface area contributed by atoms with Crippen LogP contribution in [-0.4, -0.2) is 36.3 Å². The van der Waals surface area contributed by atoms with Crippen molar-refractivity contribution >= 4 is 11.6 Å². The Morgan fingerprint density at radius 3 is 3.06 bits per heavy atom. The summed E-state index contributed by atoms with van der Waals surface area (Å²) in [6.07, 6.45) is -0.760. The molecule has 0 radical (unpaired) electrons. The van der Waals surface area contributed by atoms with E-state index >= 15 is 0 Å². The van der Waals surface area contributed by atoms with Crippen molar-refractivity contribution in [2.75, 3.05) is 25.5 Å². The van der Waals surface area contributed by atoms with Crippen LogP contribution < -0.4 is 15.4 Å². The van der Waals surface area contributed by atoms with Crippen molar-refractivity contribution in [2.24, 2.45) is 0 Å². The number of rotatable bonds is 3. The first kappa shape index (κ1) is 11.7. The average molecular weight is 238 g/mol. The molecule has 92 valence electrons. The summed E-state index contributed by atoms with van der Waals surface area (Å²) in [6, 6.07) is 3.00. The molecule has 0 saturated carbocycles. The highest BCUT2D eigenvalue weighted by Crippen LogP contribution is 2.41. The van der Waals surface area contributed by atoms with Gasteiger partial charge in [-0.15, -0.1) is 0 Å². The molecule has 4 N–H and O–H groups in total. The lowest BCUT2D eigenvalue weighted by molar-refractivity contribution is -0.118. The molecular weight excluding hydrogens is 224 g/mol. The first-order chi connectivity index (χ1) is 8.13. The van der Waals surface area contributed by atoms with Crippen LogP contribution in [0.1, 0.15) is 11.7 Å². The fourth-order valence-electron chi connectivity index (χ4n) is 1.74. The number of amides is 1. The molecule has 1 amide bonds. The summed E-state index contributed by atoms with van der Waals surface area (Å²) < 4.78 is 5.26. The minimum atomic E-state index is -0.760. The van der Waals surface area contributed by atoms with E-state index in [1.807, 2.05) is 0 Å². The third-order valence-corrected chi connectivity index (χ3v) is 2.53. The Labute approximate surface area is 98.2 Å². The predicted molar refractivity (Wildman–Crippen MR) is 61.1 cm³/mol. The SMILES string of the molecule is CNC[C@H](O)c1ccc(O)c2c1OCC(=O)N2. The lowest BCUT2D eigenvalue weighted by Crippen LogP contribution is -2.27. The van der Waals surface area contributed by atoms with Crippen LogP contribution in [0.3, 0.4) is 0 Å². The van der Waals surface area contributed by atoms with E-state index in [-0.39, 0.29) is 24.0 Å². The molecule has 0 saturated heterocycles. The number of fused-ring (bicyclic) bond motifs is 1. The van der Waals surface area contributed by atoms with E-state index in [0.29, 0.717) is 17.9 Å². The maximum absolute atomic E-state index is 11.2. The van der Waals surface area contributed by atoms with E-state index < -0.39 is 6.10 Å². The van der Waals surface area contributed by atoms with Crippen LogP contribution in [0.2, 0.25) is 0 Å². The van der Waals surface area contributed by atoms with Crippen LogP contribution >= 0.6 is 0 Å². The predicted octanol–water partition coefficient (Wildman–Crippen LogP) is -0.0241.